The van der Waals surface area contributed by atoms with Crippen molar-refractivity contribution in [2.45, 2.75) is 32.7 Å². The fourth-order valence-electron chi connectivity index (χ4n) is 3.18. The summed E-state index contributed by atoms with van der Waals surface area (Å²) < 4.78 is 27.3. The van der Waals surface area contributed by atoms with Gasteiger partial charge in [0.15, 0.2) is 11.6 Å². The number of aromatic amines is 1. The minimum Gasteiger partial charge on any atom is -0.331 e. The highest BCUT2D eigenvalue weighted by molar-refractivity contribution is 5.95. The predicted octanol–water partition coefficient (Wildman–Crippen LogP) is 3.28. The zero-order valence-electron chi connectivity index (χ0n) is 12.5. The van der Waals surface area contributed by atoms with Crippen LogP contribution >= 0.6 is 0 Å². The number of amides is 1. The Kier molecular flexibility index (Phi) is 3.68. The Labute approximate surface area is 127 Å². The first-order chi connectivity index (χ1) is 10.5. The minimum absolute atomic E-state index is 0.145. The van der Waals surface area contributed by atoms with Crippen LogP contribution in [0.15, 0.2) is 18.2 Å². The fourth-order valence-corrected chi connectivity index (χ4v) is 3.18. The van der Waals surface area contributed by atoms with Crippen molar-refractivity contribution in [3.63, 3.8) is 0 Å². The van der Waals surface area contributed by atoms with Gasteiger partial charge in [-0.1, -0.05) is 6.07 Å². The highest BCUT2D eigenvalue weighted by Gasteiger charge is 2.34. The molecule has 1 amide bonds. The van der Waals surface area contributed by atoms with E-state index in [0.29, 0.717) is 6.54 Å². The van der Waals surface area contributed by atoms with Crippen molar-refractivity contribution in [2.75, 3.05) is 6.54 Å². The Morgan fingerprint density at radius 1 is 1.36 bits per heavy atom. The van der Waals surface area contributed by atoms with Crippen molar-refractivity contribution in [1.29, 1.82) is 0 Å². The summed E-state index contributed by atoms with van der Waals surface area (Å²) >= 11 is 0. The molecule has 1 saturated heterocycles. The number of carbonyl (C=O) groups is 1. The molecule has 1 N–H and O–H groups in total. The molecule has 0 bridgehead atoms. The highest BCUT2D eigenvalue weighted by atomic mass is 19.2. The van der Waals surface area contributed by atoms with E-state index in [1.165, 1.54) is 12.1 Å². The summed E-state index contributed by atoms with van der Waals surface area (Å²) in [6.07, 6.45) is 1.63. The summed E-state index contributed by atoms with van der Waals surface area (Å²) in [5.41, 5.74) is 2.50. The minimum atomic E-state index is -1.08. The quantitative estimate of drug-likeness (QED) is 0.925. The van der Waals surface area contributed by atoms with Crippen LogP contribution in [0, 0.1) is 25.5 Å². The van der Waals surface area contributed by atoms with Gasteiger partial charge in [0.2, 0.25) is 0 Å². The van der Waals surface area contributed by atoms with E-state index in [9.17, 15) is 13.6 Å². The number of hydrogen-bond acceptors (Lipinski definition) is 2. The van der Waals surface area contributed by atoms with Gasteiger partial charge in [-0.2, -0.15) is 5.10 Å². The Morgan fingerprint density at radius 3 is 2.82 bits per heavy atom. The second-order valence-electron chi connectivity index (χ2n) is 5.61. The molecule has 0 radical (unpaired) electrons. The maximum Gasteiger partial charge on any atom is 0.257 e. The van der Waals surface area contributed by atoms with E-state index < -0.39 is 17.5 Å². The number of benzene rings is 1. The number of carbonyl (C=O) groups excluding carboxylic acids is 1. The number of aromatic nitrogens is 2. The van der Waals surface area contributed by atoms with E-state index in [1.54, 1.807) is 4.90 Å². The molecule has 2 heterocycles. The summed E-state index contributed by atoms with van der Waals surface area (Å²) in [6, 6.07) is 3.54. The number of H-pyrrole nitrogens is 1. The lowest BCUT2D eigenvalue weighted by Crippen LogP contribution is -2.31. The van der Waals surface area contributed by atoms with Gasteiger partial charge in [0, 0.05) is 17.8 Å². The lowest BCUT2D eigenvalue weighted by molar-refractivity contribution is 0.0729. The molecule has 0 saturated carbocycles. The monoisotopic (exact) mass is 305 g/mol. The van der Waals surface area contributed by atoms with E-state index in [-0.39, 0.29) is 11.6 Å². The molecule has 1 aromatic carbocycles. The van der Waals surface area contributed by atoms with Crippen molar-refractivity contribution in [1.82, 2.24) is 15.1 Å². The third kappa shape index (κ3) is 2.28. The van der Waals surface area contributed by atoms with E-state index in [4.69, 9.17) is 0 Å². The molecule has 1 fully saturated rings. The number of nitrogens with one attached hydrogen (secondary N) is 1. The summed E-state index contributed by atoms with van der Waals surface area (Å²) in [7, 11) is 0. The molecule has 6 heteroatoms. The van der Waals surface area contributed by atoms with Gasteiger partial charge < -0.3 is 4.90 Å². The second kappa shape index (κ2) is 5.51. The predicted molar refractivity (Wildman–Crippen MR) is 77.4 cm³/mol. The molecular weight excluding hydrogens is 288 g/mol. The summed E-state index contributed by atoms with van der Waals surface area (Å²) in [5.74, 6) is -2.56. The smallest absolute Gasteiger partial charge is 0.257 e. The first kappa shape index (κ1) is 14.7. The molecule has 1 aromatic heterocycles. The van der Waals surface area contributed by atoms with Gasteiger partial charge in [0.25, 0.3) is 5.91 Å². The summed E-state index contributed by atoms with van der Waals surface area (Å²) in [4.78, 5) is 14.3. The number of aryl methyl sites for hydroxylation is 2. The van der Waals surface area contributed by atoms with Crippen molar-refractivity contribution in [3.8, 4) is 0 Å². The zero-order valence-corrected chi connectivity index (χ0v) is 12.5. The number of hydrogen-bond donors (Lipinski definition) is 1. The molecule has 3 rings (SSSR count). The van der Waals surface area contributed by atoms with E-state index >= 15 is 0 Å². The second-order valence-corrected chi connectivity index (χ2v) is 5.61. The van der Waals surface area contributed by atoms with Crippen LogP contribution in [0.3, 0.4) is 0 Å². The standard InChI is InChI=1S/C16H17F2N3O/c1-9-14(10(2)20-19-9)13-7-4-8-21(13)16(22)11-5-3-6-12(17)15(11)18/h3,5-6,13H,4,7-8H2,1-2H3,(H,19,20). The van der Waals surface area contributed by atoms with Crippen molar-refractivity contribution < 1.29 is 13.6 Å². The first-order valence-electron chi connectivity index (χ1n) is 7.27. The van der Waals surface area contributed by atoms with Gasteiger partial charge in [-0.05, 0) is 38.8 Å². The fraction of sp³-hybridized carbons (Fsp3) is 0.375. The van der Waals surface area contributed by atoms with Crippen LogP contribution in [0.25, 0.3) is 0 Å². The summed E-state index contributed by atoms with van der Waals surface area (Å²) in [6.45, 7) is 4.31. The molecule has 2 aromatic rings. The number of halogens is 2. The Balaban J connectivity index is 1.97. The number of likely N-dealkylation sites (tertiary alicyclic amines) is 1. The average Bonchev–Trinajstić information content (AvgIpc) is 3.08. The maximum absolute atomic E-state index is 13.9. The van der Waals surface area contributed by atoms with Crippen LogP contribution in [-0.4, -0.2) is 27.5 Å². The van der Waals surface area contributed by atoms with E-state index in [0.717, 1.165) is 35.9 Å². The SMILES string of the molecule is Cc1n[nH]c(C)c1C1CCCN1C(=O)c1cccc(F)c1F. The highest BCUT2D eigenvalue weighted by Crippen LogP contribution is 2.36. The zero-order chi connectivity index (χ0) is 15.9. The van der Waals surface area contributed by atoms with Crippen LogP contribution < -0.4 is 0 Å². The van der Waals surface area contributed by atoms with Crippen LogP contribution in [0.5, 0.6) is 0 Å². The van der Waals surface area contributed by atoms with Gasteiger partial charge in [-0.15, -0.1) is 0 Å². The third-order valence-corrected chi connectivity index (χ3v) is 4.21. The molecule has 22 heavy (non-hydrogen) atoms. The molecular formula is C16H17F2N3O. The van der Waals surface area contributed by atoms with Gasteiger partial charge in [-0.3, -0.25) is 9.89 Å². The van der Waals surface area contributed by atoms with Crippen LogP contribution in [-0.2, 0) is 0 Å². The first-order valence-corrected chi connectivity index (χ1v) is 7.27. The molecule has 0 spiro atoms. The van der Waals surface area contributed by atoms with E-state index in [2.05, 4.69) is 10.2 Å². The number of nitrogens with zero attached hydrogens (tertiary/aromatic N) is 2. The van der Waals surface area contributed by atoms with Gasteiger partial charge in [0.05, 0.1) is 17.3 Å². The Morgan fingerprint density at radius 2 is 2.14 bits per heavy atom. The van der Waals surface area contributed by atoms with Crippen LogP contribution in [0.4, 0.5) is 8.78 Å². The van der Waals surface area contributed by atoms with Gasteiger partial charge in [-0.25, -0.2) is 8.78 Å². The van der Waals surface area contributed by atoms with Crippen LogP contribution in [0.1, 0.15) is 46.2 Å². The normalized spacial score (nSPS) is 18.0. The molecule has 1 aliphatic heterocycles. The molecule has 1 atom stereocenters. The van der Waals surface area contributed by atoms with Crippen molar-refractivity contribution in [3.05, 3.63) is 52.3 Å². The molecule has 1 unspecified atom stereocenters. The Bertz CT molecular complexity index is 707. The third-order valence-electron chi connectivity index (χ3n) is 4.21. The lowest BCUT2D eigenvalue weighted by Gasteiger charge is -2.25. The average molecular weight is 305 g/mol. The molecule has 4 nitrogen and oxygen atoms in total. The maximum atomic E-state index is 13.9. The lowest BCUT2D eigenvalue weighted by atomic mass is 10.0. The largest absolute Gasteiger partial charge is 0.331 e. The van der Waals surface area contributed by atoms with Gasteiger partial charge >= 0.3 is 0 Å². The topological polar surface area (TPSA) is 49.0 Å². The molecule has 1 aliphatic rings. The van der Waals surface area contributed by atoms with Crippen LogP contribution in [0.2, 0.25) is 0 Å². The van der Waals surface area contributed by atoms with Crippen molar-refractivity contribution >= 4 is 5.91 Å². The number of rotatable bonds is 2. The van der Waals surface area contributed by atoms with Gasteiger partial charge in [0.1, 0.15) is 0 Å². The Hall–Kier alpha value is -2.24. The molecule has 116 valence electrons. The van der Waals surface area contributed by atoms with E-state index in [1.807, 2.05) is 13.8 Å². The molecule has 0 aliphatic carbocycles. The van der Waals surface area contributed by atoms with Crippen molar-refractivity contribution in [2.24, 2.45) is 0 Å². The summed E-state index contributed by atoms with van der Waals surface area (Å²) in [5, 5.41) is 7.07.